The molecule has 260 valence electrons. The Morgan fingerprint density at radius 2 is 1.62 bits per heavy atom. The van der Waals surface area contributed by atoms with E-state index in [1.165, 1.54) is 26.8 Å². The van der Waals surface area contributed by atoms with Gasteiger partial charge >= 0.3 is 29.8 Å². The number of hydrogen-bond acceptors (Lipinski definition) is 12. The third kappa shape index (κ3) is 5.51. The van der Waals surface area contributed by atoms with Gasteiger partial charge in [0, 0.05) is 39.0 Å². The van der Waals surface area contributed by atoms with E-state index in [9.17, 15) is 28.8 Å². The number of ketones is 1. The second kappa shape index (κ2) is 12.4. The fourth-order valence-corrected chi connectivity index (χ4v) is 9.12. The van der Waals surface area contributed by atoms with Gasteiger partial charge in [0.2, 0.25) is 0 Å². The molecule has 1 aromatic rings. The van der Waals surface area contributed by atoms with Crippen molar-refractivity contribution in [2.45, 2.75) is 103 Å². The third-order valence-corrected chi connectivity index (χ3v) is 10.6. The predicted molar refractivity (Wildman–Crippen MR) is 167 cm³/mol. The van der Waals surface area contributed by atoms with Crippen molar-refractivity contribution in [3.63, 3.8) is 0 Å². The van der Waals surface area contributed by atoms with Crippen molar-refractivity contribution in [1.82, 2.24) is 0 Å². The molecule has 4 aliphatic rings. The predicted octanol–water partition coefficient (Wildman–Crippen LogP) is 3.93. The number of allylic oxidation sites excluding steroid dienone is 1. The minimum absolute atomic E-state index is 0.00475. The lowest BCUT2D eigenvalue weighted by Crippen LogP contribution is -2.64. The molecule has 3 fully saturated rings. The summed E-state index contributed by atoms with van der Waals surface area (Å²) in [4.78, 5) is 80.1. The number of ether oxygens (including phenoxy) is 6. The van der Waals surface area contributed by atoms with Gasteiger partial charge in [0.25, 0.3) is 0 Å². The van der Waals surface area contributed by atoms with Crippen molar-refractivity contribution >= 4 is 35.6 Å². The normalized spacial score (nSPS) is 36.6. The lowest BCUT2D eigenvalue weighted by Gasteiger charge is -2.50. The smallest absolute Gasteiger partial charge is 0.338 e. The van der Waals surface area contributed by atoms with E-state index in [0.717, 1.165) is 0 Å². The maximum absolute atomic E-state index is 14.5. The van der Waals surface area contributed by atoms with Crippen LogP contribution in [0.3, 0.4) is 0 Å². The number of carbonyl (C=O) groups excluding carboxylic acids is 6. The zero-order chi connectivity index (χ0) is 35.4. The van der Waals surface area contributed by atoms with Gasteiger partial charge in [-0.3, -0.25) is 24.0 Å². The first-order valence-corrected chi connectivity index (χ1v) is 16.3. The van der Waals surface area contributed by atoms with Crippen LogP contribution in [-0.4, -0.2) is 77.4 Å². The molecule has 0 aromatic heterocycles. The number of esters is 5. The standard InChI is InChI=1S/C36H44O12/c1-9-26(41)45-28-19(2)17-36(48-22(5)39)27(28)30(44-20(3)37)35-18-43-34(8,32(36)46-31(42)23-13-11-10-12-14-23)29(35)24(15-16-25(35)40)33(6,7)47-21(4)38/h10-16,19,24,27-30,32H,9,17-18H2,1-8H3. The Morgan fingerprint density at radius 1 is 0.958 bits per heavy atom. The molecule has 2 saturated carbocycles. The Morgan fingerprint density at radius 3 is 2.21 bits per heavy atom. The second-order valence-corrected chi connectivity index (χ2v) is 14.2. The molecular formula is C36H44O12. The van der Waals surface area contributed by atoms with Crippen LogP contribution in [0.1, 0.15) is 78.6 Å². The van der Waals surface area contributed by atoms with E-state index in [0.29, 0.717) is 0 Å². The minimum Gasteiger partial charge on any atom is -0.461 e. The number of benzene rings is 1. The van der Waals surface area contributed by atoms with E-state index < -0.39 is 99.8 Å². The molecule has 10 unspecified atom stereocenters. The van der Waals surface area contributed by atoms with E-state index in [-0.39, 0.29) is 25.0 Å². The van der Waals surface area contributed by atoms with Crippen molar-refractivity contribution in [1.29, 1.82) is 0 Å². The Balaban J connectivity index is 1.87. The first-order valence-electron chi connectivity index (χ1n) is 16.3. The Bertz CT molecular complexity index is 1530. The van der Waals surface area contributed by atoms with Crippen molar-refractivity contribution in [2.75, 3.05) is 6.61 Å². The van der Waals surface area contributed by atoms with Gasteiger partial charge < -0.3 is 28.4 Å². The van der Waals surface area contributed by atoms with Crippen LogP contribution in [0, 0.1) is 29.1 Å². The molecule has 5 rings (SSSR count). The monoisotopic (exact) mass is 668 g/mol. The molecule has 12 nitrogen and oxygen atoms in total. The van der Waals surface area contributed by atoms with Crippen LogP contribution < -0.4 is 0 Å². The molecule has 0 spiro atoms. The van der Waals surface area contributed by atoms with Crippen LogP contribution in [-0.2, 0) is 52.4 Å². The highest BCUT2D eigenvalue weighted by Crippen LogP contribution is 2.68. The molecule has 0 radical (unpaired) electrons. The second-order valence-electron chi connectivity index (χ2n) is 14.2. The van der Waals surface area contributed by atoms with Crippen LogP contribution in [0.4, 0.5) is 0 Å². The Labute approximate surface area is 279 Å². The van der Waals surface area contributed by atoms with Crippen LogP contribution >= 0.6 is 0 Å². The van der Waals surface area contributed by atoms with E-state index in [1.807, 2.05) is 0 Å². The van der Waals surface area contributed by atoms with Gasteiger partial charge in [0.1, 0.15) is 28.8 Å². The fourth-order valence-electron chi connectivity index (χ4n) is 9.12. The van der Waals surface area contributed by atoms with Gasteiger partial charge in [0.05, 0.1) is 18.1 Å². The SMILES string of the molecule is CCC(=O)OC1C(C)CC2(OC(C)=O)C1C(OC(C)=O)C13COC(C)(C2OC(=O)c2ccccc2)C1C(C(C)(C)OC(C)=O)C=CC3=O. The highest BCUT2D eigenvalue weighted by Gasteiger charge is 2.82. The van der Waals surface area contributed by atoms with Gasteiger partial charge in [-0.2, -0.15) is 0 Å². The van der Waals surface area contributed by atoms with Crippen molar-refractivity contribution in [3.05, 3.63) is 48.0 Å². The summed E-state index contributed by atoms with van der Waals surface area (Å²) < 4.78 is 37.5. The van der Waals surface area contributed by atoms with Crippen molar-refractivity contribution < 1.29 is 57.2 Å². The summed E-state index contributed by atoms with van der Waals surface area (Å²) >= 11 is 0. The lowest BCUT2D eigenvalue weighted by atomic mass is 9.54. The number of rotatable bonds is 8. The zero-order valence-corrected chi connectivity index (χ0v) is 28.6. The summed E-state index contributed by atoms with van der Waals surface area (Å²) in [6.07, 6.45) is -0.820. The quantitative estimate of drug-likeness (QED) is 0.291. The first kappa shape index (κ1) is 35.3. The topological polar surface area (TPSA) is 158 Å². The van der Waals surface area contributed by atoms with E-state index in [1.54, 1.807) is 71.0 Å². The minimum atomic E-state index is -1.82. The summed E-state index contributed by atoms with van der Waals surface area (Å²) in [6.45, 7) is 11.9. The average molecular weight is 669 g/mol. The Hall–Kier alpha value is -4.06. The number of carbonyl (C=O) groups is 6. The largest absolute Gasteiger partial charge is 0.461 e. The summed E-state index contributed by atoms with van der Waals surface area (Å²) in [5.41, 5.74) is -6.14. The Kier molecular flexibility index (Phi) is 9.13. The third-order valence-electron chi connectivity index (χ3n) is 10.6. The number of hydrogen-bond donors (Lipinski definition) is 0. The van der Waals surface area contributed by atoms with Gasteiger partial charge in [-0.25, -0.2) is 4.79 Å². The highest BCUT2D eigenvalue weighted by molar-refractivity contribution is 5.98. The van der Waals surface area contributed by atoms with Crippen LogP contribution in [0.2, 0.25) is 0 Å². The lowest BCUT2D eigenvalue weighted by molar-refractivity contribution is -0.235. The molecule has 48 heavy (non-hydrogen) atoms. The van der Waals surface area contributed by atoms with Gasteiger partial charge in [-0.05, 0) is 51.3 Å². The molecule has 12 heteroatoms. The van der Waals surface area contributed by atoms with Gasteiger partial charge in [-0.1, -0.05) is 38.1 Å². The molecular weight excluding hydrogens is 624 g/mol. The molecule has 1 saturated heterocycles. The molecule has 0 amide bonds. The van der Waals surface area contributed by atoms with Crippen molar-refractivity contribution in [3.8, 4) is 0 Å². The zero-order valence-electron chi connectivity index (χ0n) is 28.6. The van der Waals surface area contributed by atoms with Crippen LogP contribution in [0.5, 0.6) is 0 Å². The molecule has 1 aliphatic heterocycles. The van der Waals surface area contributed by atoms with Gasteiger partial charge in [-0.15, -0.1) is 0 Å². The van der Waals surface area contributed by atoms with E-state index >= 15 is 0 Å². The molecule has 1 heterocycles. The molecule has 3 aliphatic carbocycles. The first-order chi connectivity index (χ1) is 22.4. The summed E-state index contributed by atoms with van der Waals surface area (Å²) in [5, 5.41) is 0. The fraction of sp³-hybridized carbons (Fsp3) is 0.611. The average Bonchev–Trinajstić information content (AvgIpc) is 3.44. The molecule has 2 bridgehead atoms. The molecule has 10 atom stereocenters. The maximum Gasteiger partial charge on any atom is 0.338 e. The van der Waals surface area contributed by atoms with Gasteiger partial charge in [0.15, 0.2) is 17.5 Å². The summed E-state index contributed by atoms with van der Waals surface area (Å²) in [7, 11) is 0. The molecule has 1 aromatic carbocycles. The summed E-state index contributed by atoms with van der Waals surface area (Å²) in [5.74, 6) is -7.21. The number of fused-ring (bicyclic) bond motifs is 1. The molecule has 0 N–H and O–H groups in total. The maximum atomic E-state index is 14.5. The van der Waals surface area contributed by atoms with Crippen molar-refractivity contribution in [2.24, 2.45) is 29.1 Å². The van der Waals surface area contributed by atoms with E-state index in [2.05, 4.69) is 0 Å². The summed E-state index contributed by atoms with van der Waals surface area (Å²) in [6, 6.07) is 8.22. The van der Waals surface area contributed by atoms with E-state index in [4.69, 9.17) is 28.4 Å². The highest BCUT2D eigenvalue weighted by atomic mass is 16.6. The van der Waals surface area contributed by atoms with Crippen LogP contribution in [0.25, 0.3) is 0 Å². The van der Waals surface area contributed by atoms with Crippen LogP contribution in [0.15, 0.2) is 42.5 Å².